The van der Waals surface area contributed by atoms with Gasteiger partial charge in [-0.05, 0) is 38.0 Å². The van der Waals surface area contributed by atoms with Gasteiger partial charge in [0.15, 0.2) is 5.65 Å². The summed E-state index contributed by atoms with van der Waals surface area (Å²) in [7, 11) is 1.85. The summed E-state index contributed by atoms with van der Waals surface area (Å²) in [4.78, 5) is 20.6. The van der Waals surface area contributed by atoms with Crippen molar-refractivity contribution in [3.05, 3.63) is 59.0 Å². The average molecular weight is 347 g/mol. The Labute approximate surface area is 151 Å². The van der Waals surface area contributed by atoms with Gasteiger partial charge in [0.05, 0.1) is 16.6 Å². The number of hydrogen-bond donors (Lipinski definition) is 2. The van der Waals surface area contributed by atoms with Gasteiger partial charge < -0.3 is 10.3 Å². The van der Waals surface area contributed by atoms with Crippen LogP contribution in [0.1, 0.15) is 27.3 Å². The van der Waals surface area contributed by atoms with E-state index in [9.17, 15) is 4.79 Å². The lowest BCUT2D eigenvalue weighted by molar-refractivity contribution is 0.0955. The first kappa shape index (κ1) is 16.3. The van der Waals surface area contributed by atoms with Crippen LogP contribution in [-0.2, 0) is 13.5 Å². The van der Waals surface area contributed by atoms with Crippen molar-refractivity contribution in [3.63, 3.8) is 0 Å². The molecular weight excluding hydrogens is 326 g/mol. The summed E-state index contributed by atoms with van der Waals surface area (Å²) < 4.78 is 1.72. The van der Waals surface area contributed by atoms with Crippen LogP contribution < -0.4 is 5.32 Å². The standard InChI is InChI=1S/C20H21N5O/c1-12-10-16(18-13(2)24-25(3)19(18)23-12)20(26)21-9-8-14-11-22-17-7-5-4-6-15(14)17/h4-7,10-11,22H,8-9H2,1-3H3,(H,21,26). The van der Waals surface area contributed by atoms with Gasteiger partial charge in [-0.25, -0.2) is 4.98 Å². The number of rotatable bonds is 4. The minimum Gasteiger partial charge on any atom is -0.361 e. The molecule has 6 heteroatoms. The molecule has 0 fully saturated rings. The number of fused-ring (bicyclic) bond motifs is 2. The van der Waals surface area contributed by atoms with E-state index in [1.165, 1.54) is 10.9 Å². The molecule has 2 N–H and O–H groups in total. The summed E-state index contributed by atoms with van der Waals surface area (Å²) >= 11 is 0. The van der Waals surface area contributed by atoms with Gasteiger partial charge in [-0.15, -0.1) is 0 Å². The predicted molar refractivity (Wildman–Crippen MR) is 102 cm³/mol. The van der Waals surface area contributed by atoms with Gasteiger partial charge in [-0.2, -0.15) is 5.10 Å². The fraction of sp³-hybridized carbons (Fsp3) is 0.250. The zero-order valence-electron chi connectivity index (χ0n) is 15.1. The van der Waals surface area contributed by atoms with Crippen LogP contribution in [-0.4, -0.2) is 32.2 Å². The van der Waals surface area contributed by atoms with E-state index in [1.54, 1.807) is 4.68 Å². The maximum absolute atomic E-state index is 12.8. The van der Waals surface area contributed by atoms with Crippen molar-refractivity contribution in [1.82, 2.24) is 25.1 Å². The van der Waals surface area contributed by atoms with Crippen LogP contribution in [0.5, 0.6) is 0 Å². The highest BCUT2D eigenvalue weighted by molar-refractivity contribution is 6.06. The van der Waals surface area contributed by atoms with Crippen molar-refractivity contribution < 1.29 is 4.79 Å². The van der Waals surface area contributed by atoms with E-state index in [0.717, 1.165) is 34.4 Å². The van der Waals surface area contributed by atoms with Crippen molar-refractivity contribution in [2.45, 2.75) is 20.3 Å². The van der Waals surface area contributed by atoms with Gasteiger partial charge >= 0.3 is 0 Å². The number of aromatic amines is 1. The zero-order valence-corrected chi connectivity index (χ0v) is 15.1. The summed E-state index contributed by atoms with van der Waals surface area (Å²) in [5.74, 6) is -0.0866. The third-order valence-electron chi connectivity index (χ3n) is 4.70. The molecule has 132 valence electrons. The van der Waals surface area contributed by atoms with E-state index in [1.807, 2.05) is 45.3 Å². The molecule has 0 bridgehead atoms. The third kappa shape index (κ3) is 2.73. The molecule has 4 aromatic rings. The average Bonchev–Trinajstić information content (AvgIpc) is 3.15. The molecule has 6 nitrogen and oxygen atoms in total. The molecule has 4 rings (SSSR count). The van der Waals surface area contributed by atoms with Crippen LogP contribution in [0, 0.1) is 13.8 Å². The molecule has 0 aliphatic carbocycles. The van der Waals surface area contributed by atoms with Crippen LogP contribution in [0.4, 0.5) is 0 Å². The number of pyridine rings is 1. The maximum atomic E-state index is 12.8. The maximum Gasteiger partial charge on any atom is 0.252 e. The Kier molecular flexibility index (Phi) is 3.95. The zero-order chi connectivity index (χ0) is 18.3. The predicted octanol–water partition coefficient (Wildman–Crippen LogP) is 3.04. The fourth-order valence-corrected chi connectivity index (χ4v) is 3.49. The normalized spacial score (nSPS) is 11.3. The van der Waals surface area contributed by atoms with Crippen molar-refractivity contribution in [2.75, 3.05) is 6.54 Å². The van der Waals surface area contributed by atoms with E-state index in [-0.39, 0.29) is 5.91 Å². The SMILES string of the molecule is Cc1cc(C(=O)NCCc2c[nH]c3ccccc23)c2c(C)nn(C)c2n1. The second kappa shape index (κ2) is 6.29. The number of nitrogens with one attached hydrogen (secondary N) is 2. The summed E-state index contributed by atoms with van der Waals surface area (Å²) in [6.45, 7) is 4.37. The van der Waals surface area contributed by atoms with E-state index in [0.29, 0.717) is 12.1 Å². The molecule has 1 amide bonds. The lowest BCUT2D eigenvalue weighted by Gasteiger charge is -2.08. The van der Waals surface area contributed by atoms with Crippen LogP contribution >= 0.6 is 0 Å². The summed E-state index contributed by atoms with van der Waals surface area (Å²) in [6, 6.07) is 10.0. The van der Waals surface area contributed by atoms with Gasteiger partial charge in [0.2, 0.25) is 0 Å². The van der Waals surface area contributed by atoms with Gasteiger partial charge in [-0.1, -0.05) is 18.2 Å². The lowest BCUT2D eigenvalue weighted by atomic mass is 10.1. The quantitative estimate of drug-likeness (QED) is 0.596. The topological polar surface area (TPSA) is 75.6 Å². The molecule has 3 aromatic heterocycles. The number of amides is 1. The van der Waals surface area contributed by atoms with E-state index >= 15 is 0 Å². The van der Waals surface area contributed by atoms with E-state index < -0.39 is 0 Å². The summed E-state index contributed by atoms with van der Waals surface area (Å²) in [5.41, 5.74) is 5.32. The summed E-state index contributed by atoms with van der Waals surface area (Å²) in [6.07, 6.45) is 2.78. The highest BCUT2D eigenvalue weighted by Gasteiger charge is 2.17. The smallest absolute Gasteiger partial charge is 0.252 e. The van der Waals surface area contributed by atoms with Crippen LogP contribution in [0.25, 0.3) is 21.9 Å². The molecule has 0 saturated heterocycles. The second-order valence-electron chi connectivity index (χ2n) is 6.58. The molecule has 1 aromatic carbocycles. The van der Waals surface area contributed by atoms with E-state index in [4.69, 9.17) is 0 Å². The Hall–Kier alpha value is -3.15. The number of benzene rings is 1. The van der Waals surface area contributed by atoms with Crippen LogP contribution in [0.15, 0.2) is 36.5 Å². The number of carbonyl (C=O) groups is 1. The number of carbonyl (C=O) groups excluding carboxylic acids is 1. The van der Waals surface area contributed by atoms with Crippen molar-refractivity contribution in [1.29, 1.82) is 0 Å². The number of para-hydroxylation sites is 1. The van der Waals surface area contributed by atoms with Crippen molar-refractivity contribution in [3.8, 4) is 0 Å². The van der Waals surface area contributed by atoms with Crippen LogP contribution in [0.2, 0.25) is 0 Å². The molecular formula is C20H21N5O. The Bertz CT molecular complexity index is 1120. The monoisotopic (exact) mass is 347 g/mol. The summed E-state index contributed by atoms with van der Waals surface area (Å²) in [5, 5.41) is 9.46. The number of aryl methyl sites for hydroxylation is 3. The molecule has 0 saturated carbocycles. The first-order valence-electron chi connectivity index (χ1n) is 8.68. The molecule has 26 heavy (non-hydrogen) atoms. The van der Waals surface area contributed by atoms with Crippen LogP contribution in [0.3, 0.4) is 0 Å². The molecule has 0 spiro atoms. The highest BCUT2D eigenvalue weighted by Crippen LogP contribution is 2.22. The molecule has 0 atom stereocenters. The first-order chi connectivity index (χ1) is 12.5. The van der Waals surface area contributed by atoms with Crippen molar-refractivity contribution >= 4 is 27.8 Å². The second-order valence-corrected chi connectivity index (χ2v) is 6.58. The number of aromatic nitrogens is 4. The molecule has 0 aliphatic rings. The number of nitrogens with zero attached hydrogens (tertiary/aromatic N) is 3. The minimum absolute atomic E-state index is 0.0866. The number of hydrogen-bond acceptors (Lipinski definition) is 3. The Balaban J connectivity index is 1.55. The third-order valence-corrected chi connectivity index (χ3v) is 4.70. The molecule has 3 heterocycles. The number of H-pyrrole nitrogens is 1. The molecule has 0 aliphatic heterocycles. The highest BCUT2D eigenvalue weighted by atomic mass is 16.1. The largest absolute Gasteiger partial charge is 0.361 e. The van der Waals surface area contributed by atoms with Crippen molar-refractivity contribution in [2.24, 2.45) is 7.05 Å². The molecule has 0 unspecified atom stereocenters. The van der Waals surface area contributed by atoms with Gasteiger partial charge in [0.25, 0.3) is 5.91 Å². The Morgan fingerprint density at radius 2 is 2.08 bits per heavy atom. The van der Waals surface area contributed by atoms with Gasteiger partial charge in [0.1, 0.15) is 0 Å². The first-order valence-corrected chi connectivity index (χ1v) is 8.68. The fourth-order valence-electron chi connectivity index (χ4n) is 3.49. The van der Waals surface area contributed by atoms with Gasteiger partial charge in [0, 0.05) is 36.4 Å². The molecule has 0 radical (unpaired) electrons. The lowest BCUT2D eigenvalue weighted by Crippen LogP contribution is -2.26. The Morgan fingerprint density at radius 3 is 2.92 bits per heavy atom. The van der Waals surface area contributed by atoms with Gasteiger partial charge in [-0.3, -0.25) is 9.48 Å². The minimum atomic E-state index is -0.0866. The van der Waals surface area contributed by atoms with E-state index in [2.05, 4.69) is 32.5 Å². The Morgan fingerprint density at radius 1 is 1.27 bits per heavy atom.